The molecule has 1 heterocycles. The summed E-state index contributed by atoms with van der Waals surface area (Å²) < 4.78 is 25.5. The molecule has 2 aromatic rings. The quantitative estimate of drug-likeness (QED) is 0.896. The second-order valence-corrected chi connectivity index (χ2v) is 8.10. The summed E-state index contributed by atoms with van der Waals surface area (Å²) in [6.45, 7) is -0.0742. The Bertz CT molecular complexity index is 788. The van der Waals surface area contributed by atoms with Crippen molar-refractivity contribution in [3.63, 3.8) is 0 Å². The summed E-state index contributed by atoms with van der Waals surface area (Å²) in [5.41, 5.74) is 7.21. The number of rotatable bonds is 4. The van der Waals surface area contributed by atoms with E-state index in [2.05, 4.69) is 4.98 Å². The third-order valence-corrected chi connectivity index (χ3v) is 6.82. The van der Waals surface area contributed by atoms with Crippen LogP contribution in [0.1, 0.15) is 19.3 Å². The van der Waals surface area contributed by atoms with Crippen molar-refractivity contribution in [1.82, 2.24) is 4.98 Å². The highest BCUT2D eigenvalue weighted by atomic mass is 32.2. The second-order valence-electron chi connectivity index (χ2n) is 5.93. The smallest absolute Gasteiger partial charge is 0.181 e. The molecule has 0 amide bonds. The van der Waals surface area contributed by atoms with E-state index in [-0.39, 0.29) is 12.5 Å². The normalized spacial score (nSPS) is 21.4. The van der Waals surface area contributed by atoms with E-state index in [1.165, 1.54) is 0 Å². The lowest BCUT2D eigenvalue weighted by Gasteiger charge is -2.18. The van der Waals surface area contributed by atoms with E-state index < -0.39 is 15.1 Å². The van der Waals surface area contributed by atoms with Crippen LogP contribution >= 0.6 is 0 Å². The number of nitrogen functional groups attached to an aromatic ring is 1. The van der Waals surface area contributed by atoms with E-state index in [1.807, 2.05) is 12.1 Å². The average molecular weight is 332 g/mol. The minimum atomic E-state index is -3.41. The van der Waals surface area contributed by atoms with Crippen LogP contribution in [0.15, 0.2) is 47.4 Å². The molecule has 1 aliphatic carbocycles. The summed E-state index contributed by atoms with van der Waals surface area (Å²) in [7, 11) is -3.41. The fraction of sp³-hybridized carbons (Fsp3) is 0.353. The molecule has 122 valence electrons. The number of hydrogen-bond acceptors (Lipinski definition) is 5. The summed E-state index contributed by atoms with van der Waals surface area (Å²) >= 11 is 0. The van der Waals surface area contributed by atoms with Crippen LogP contribution in [0.25, 0.3) is 11.3 Å². The van der Waals surface area contributed by atoms with Crippen molar-refractivity contribution in [2.45, 2.75) is 29.4 Å². The molecule has 1 aromatic carbocycles. The predicted octanol–water partition coefficient (Wildman–Crippen LogP) is 2.27. The average Bonchev–Trinajstić information content (AvgIpc) is 3.04. The first-order valence-electron chi connectivity index (χ1n) is 7.70. The Hall–Kier alpha value is -1.92. The molecule has 6 heteroatoms. The maximum atomic E-state index is 12.8. The van der Waals surface area contributed by atoms with Gasteiger partial charge in [-0.25, -0.2) is 13.4 Å². The van der Waals surface area contributed by atoms with Gasteiger partial charge in [-0.1, -0.05) is 24.6 Å². The van der Waals surface area contributed by atoms with Crippen molar-refractivity contribution in [3.05, 3.63) is 42.5 Å². The fourth-order valence-electron chi connectivity index (χ4n) is 3.22. The van der Waals surface area contributed by atoms with Gasteiger partial charge in [0.15, 0.2) is 9.84 Å². The van der Waals surface area contributed by atoms with Crippen LogP contribution in [0.2, 0.25) is 0 Å². The molecule has 1 fully saturated rings. The number of benzene rings is 1. The van der Waals surface area contributed by atoms with Crippen molar-refractivity contribution in [1.29, 1.82) is 0 Å². The molecule has 1 unspecified atom stereocenters. The molecule has 5 nitrogen and oxygen atoms in total. The monoisotopic (exact) mass is 332 g/mol. The minimum Gasteiger partial charge on any atom is -0.396 e. The number of pyridine rings is 1. The van der Waals surface area contributed by atoms with Gasteiger partial charge in [-0.2, -0.15) is 0 Å². The summed E-state index contributed by atoms with van der Waals surface area (Å²) in [4.78, 5) is 4.53. The molecule has 2 atom stereocenters. The van der Waals surface area contributed by atoms with Crippen molar-refractivity contribution in [2.75, 3.05) is 12.3 Å². The molecule has 0 aliphatic heterocycles. The van der Waals surface area contributed by atoms with Crippen LogP contribution in [0, 0.1) is 5.92 Å². The van der Waals surface area contributed by atoms with Gasteiger partial charge in [0.1, 0.15) is 5.82 Å². The third-order valence-electron chi connectivity index (χ3n) is 4.47. The van der Waals surface area contributed by atoms with Crippen molar-refractivity contribution < 1.29 is 13.5 Å². The second kappa shape index (κ2) is 6.29. The summed E-state index contributed by atoms with van der Waals surface area (Å²) in [5, 5.41) is 8.90. The molecule has 0 radical (unpaired) electrons. The Morgan fingerprint density at radius 3 is 2.52 bits per heavy atom. The van der Waals surface area contributed by atoms with Crippen molar-refractivity contribution >= 4 is 15.7 Å². The number of aliphatic hydroxyl groups is 1. The molecule has 0 saturated heterocycles. The van der Waals surface area contributed by atoms with Crippen LogP contribution in [0.5, 0.6) is 0 Å². The van der Waals surface area contributed by atoms with Crippen LogP contribution < -0.4 is 5.73 Å². The number of aromatic nitrogens is 1. The van der Waals surface area contributed by atoms with Gasteiger partial charge < -0.3 is 10.8 Å². The zero-order valence-electron chi connectivity index (χ0n) is 12.7. The Labute approximate surface area is 136 Å². The van der Waals surface area contributed by atoms with Gasteiger partial charge in [-0.15, -0.1) is 0 Å². The molecular weight excluding hydrogens is 312 g/mol. The maximum Gasteiger partial charge on any atom is 0.181 e. The lowest BCUT2D eigenvalue weighted by atomic mass is 10.1. The van der Waals surface area contributed by atoms with Gasteiger partial charge in [-0.3, -0.25) is 0 Å². The van der Waals surface area contributed by atoms with E-state index in [9.17, 15) is 13.5 Å². The molecule has 23 heavy (non-hydrogen) atoms. The Balaban J connectivity index is 1.90. The topological polar surface area (TPSA) is 93.3 Å². The van der Waals surface area contributed by atoms with Crippen LogP contribution in [0.4, 0.5) is 5.82 Å². The van der Waals surface area contributed by atoms with Crippen LogP contribution in [0.3, 0.4) is 0 Å². The fourth-order valence-corrected chi connectivity index (χ4v) is 5.29. The molecule has 1 saturated carbocycles. The van der Waals surface area contributed by atoms with E-state index in [0.717, 1.165) is 18.4 Å². The Kier molecular flexibility index (Phi) is 4.37. The Morgan fingerprint density at radius 1 is 1.13 bits per heavy atom. The van der Waals surface area contributed by atoms with E-state index >= 15 is 0 Å². The lowest BCUT2D eigenvalue weighted by molar-refractivity contribution is 0.230. The Morgan fingerprint density at radius 2 is 1.87 bits per heavy atom. The van der Waals surface area contributed by atoms with Gasteiger partial charge in [0.05, 0.1) is 15.8 Å². The van der Waals surface area contributed by atoms with E-state index in [0.29, 0.717) is 22.8 Å². The molecule has 0 bridgehead atoms. The minimum absolute atomic E-state index is 0.0742. The molecule has 3 N–H and O–H groups in total. The van der Waals surface area contributed by atoms with E-state index in [4.69, 9.17) is 5.73 Å². The highest BCUT2D eigenvalue weighted by molar-refractivity contribution is 7.92. The first-order valence-corrected chi connectivity index (χ1v) is 9.25. The standard InChI is InChI=1S/C17H20N2O3S/c18-17-6-2-4-15(19-17)12-7-9-14(10-8-12)23(21,22)16-5-1-3-13(16)11-20/h2,4,6-10,13,16,20H,1,3,5,11H2,(H2,18,19)/t13-,16?/m1/s1. The lowest BCUT2D eigenvalue weighted by Crippen LogP contribution is -2.27. The predicted molar refractivity (Wildman–Crippen MR) is 89.5 cm³/mol. The van der Waals surface area contributed by atoms with Gasteiger partial charge >= 0.3 is 0 Å². The highest BCUT2D eigenvalue weighted by Crippen LogP contribution is 2.34. The van der Waals surface area contributed by atoms with Crippen molar-refractivity contribution in [2.24, 2.45) is 5.92 Å². The molecule has 0 spiro atoms. The van der Waals surface area contributed by atoms with E-state index in [1.54, 1.807) is 30.3 Å². The molecule has 1 aromatic heterocycles. The molecular formula is C17H20N2O3S. The van der Waals surface area contributed by atoms with Gasteiger partial charge in [-0.05, 0) is 43.0 Å². The number of nitrogens with two attached hydrogens (primary N) is 1. The zero-order chi connectivity index (χ0) is 16.4. The molecule has 3 rings (SSSR count). The van der Waals surface area contributed by atoms with Gasteiger partial charge in [0, 0.05) is 12.2 Å². The summed E-state index contributed by atoms with van der Waals surface area (Å²) in [6.07, 6.45) is 2.23. The van der Waals surface area contributed by atoms with Gasteiger partial charge in [0.2, 0.25) is 0 Å². The van der Waals surface area contributed by atoms with Gasteiger partial charge in [0.25, 0.3) is 0 Å². The number of hydrogen-bond donors (Lipinski definition) is 2. The van der Waals surface area contributed by atoms with Crippen LogP contribution in [-0.4, -0.2) is 30.4 Å². The summed E-state index contributed by atoms with van der Waals surface area (Å²) in [5.74, 6) is 0.270. The SMILES string of the molecule is Nc1cccc(-c2ccc(S(=O)(=O)C3CCC[C@@H]3CO)cc2)n1. The first kappa shape index (κ1) is 16.0. The number of sulfone groups is 1. The van der Waals surface area contributed by atoms with Crippen molar-refractivity contribution in [3.8, 4) is 11.3 Å². The van der Waals surface area contributed by atoms with Crippen LogP contribution in [-0.2, 0) is 9.84 Å². The third kappa shape index (κ3) is 3.09. The highest BCUT2D eigenvalue weighted by Gasteiger charge is 2.37. The number of aliphatic hydroxyl groups excluding tert-OH is 1. The largest absolute Gasteiger partial charge is 0.396 e. The zero-order valence-corrected chi connectivity index (χ0v) is 13.5. The maximum absolute atomic E-state index is 12.8. The molecule has 1 aliphatic rings. The summed E-state index contributed by atoms with van der Waals surface area (Å²) in [6, 6.07) is 12.1. The number of anilines is 1. The first-order chi connectivity index (χ1) is 11.0. The number of nitrogens with zero attached hydrogens (tertiary/aromatic N) is 1.